The Hall–Kier alpha value is -2.90. The quantitative estimate of drug-likeness (QED) is 0.499. The molecule has 0 fully saturated rings. The third kappa shape index (κ3) is 3.60. The highest BCUT2D eigenvalue weighted by molar-refractivity contribution is 5.91. The van der Waals surface area contributed by atoms with Gasteiger partial charge in [-0.2, -0.15) is 5.10 Å². The smallest absolute Gasteiger partial charge is 0.401 e. The van der Waals surface area contributed by atoms with Crippen LogP contribution < -0.4 is 5.32 Å². The molecule has 1 amide bonds. The molecular weight excluding hydrogens is 288 g/mol. The summed E-state index contributed by atoms with van der Waals surface area (Å²) in [5.74, 6) is -0.429. The Morgan fingerprint density at radius 2 is 2.32 bits per heavy atom. The normalized spacial score (nSPS) is 11.0. The van der Waals surface area contributed by atoms with Crippen LogP contribution in [0.4, 0.5) is 5.88 Å². The first kappa shape index (κ1) is 15.5. The van der Waals surface area contributed by atoms with Crippen molar-refractivity contribution in [1.82, 2.24) is 15.1 Å². The number of carbonyl (C=O) groups is 1. The zero-order chi connectivity index (χ0) is 16.1. The number of aryl methyl sites for hydroxylation is 1. The maximum atomic E-state index is 11.7. The van der Waals surface area contributed by atoms with Gasteiger partial charge in [0.25, 0.3) is 0 Å². The molecule has 0 aliphatic rings. The summed E-state index contributed by atoms with van der Waals surface area (Å²) in [5, 5.41) is 17.4. The van der Waals surface area contributed by atoms with Crippen LogP contribution >= 0.6 is 0 Å². The van der Waals surface area contributed by atoms with E-state index in [0.717, 1.165) is 17.8 Å². The standard InChI is InChI=1S/C14H16N4O4/c1-3-17-10(2)11(9-16-17)8-15-13(19)6-4-12-5-7-14(22-12)18(20)21/h4-7,9H,3,8H2,1-2H3,(H,15,19)/b6-4+. The van der Waals surface area contributed by atoms with Gasteiger partial charge in [-0.05, 0) is 26.0 Å². The lowest BCUT2D eigenvalue weighted by Crippen LogP contribution is -2.20. The summed E-state index contributed by atoms with van der Waals surface area (Å²) >= 11 is 0. The van der Waals surface area contributed by atoms with Gasteiger partial charge in [0.2, 0.25) is 5.91 Å². The number of nitrogens with one attached hydrogen (secondary N) is 1. The molecular formula is C14H16N4O4. The van der Waals surface area contributed by atoms with Gasteiger partial charge < -0.3 is 9.73 Å². The number of nitro groups is 1. The van der Waals surface area contributed by atoms with Crippen molar-refractivity contribution in [1.29, 1.82) is 0 Å². The van der Waals surface area contributed by atoms with E-state index >= 15 is 0 Å². The first-order chi connectivity index (χ1) is 10.5. The second-order valence-corrected chi connectivity index (χ2v) is 4.56. The van der Waals surface area contributed by atoms with Crippen LogP contribution in [0.5, 0.6) is 0 Å². The Labute approximate surface area is 126 Å². The van der Waals surface area contributed by atoms with Crippen molar-refractivity contribution in [3.8, 4) is 0 Å². The molecule has 1 N–H and O–H groups in total. The Morgan fingerprint density at radius 1 is 1.55 bits per heavy atom. The second-order valence-electron chi connectivity index (χ2n) is 4.56. The molecule has 22 heavy (non-hydrogen) atoms. The third-order valence-corrected chi connectivity index (χ3v) is 3.15. The zero-order valence-electron chi connectivity index (χ0n) is 12.3. The number of aromatic nitrogens is 2. The molecule has 2 aromatic heterocycles. The van der Waals surface area contributed by atoms with Crippen molar-refractivity contribution in [3.05, 3.63) is 51.5 Å². The van der Waals surface area contributed by atoms with E-state index in [2.05, 4.69) is 10.4 Å². The molecule has 8 heteroatoms. The molecule has 116 valence electrons. The summed E-state index contributed by atoms with van der Waals surface area (Å²) in [4.78, 5) is 21.6. The van der Waals surface area contributed by atoms with E-state index in [-0.39, 0.29) is 17.6 Å². The number of carbonyl (C=O) groups excluding carboxylic acids is 1. The lowest BCUT2D eigenvalue weighted by Gasteiger charge is -2.03. The predicted octanol–water partition coefficient (Wildman–Crippen LogP) is 2.04. The third-order valence-electron chi connectivity index (χ3n) is 3.15. The molecule has 0 saturated carbocycles. The Morgan fingerprint density at radius 3 is 2.91 bits per heavy atom. The predicted molar refractivity (Wildman–Crippen MR) is 78.9 cm³/mol. The molecule has 0 saturated heterocycles. The van der Waals surface area contributed by atoms with Gasteiger partial charge in [-0.3, -0.25) is 19.6 Å². The molecule has 8 nitrogen and oxygen atoms in total. The average Bonchev–Trinajstić information content (AvgIpc) is 3.10. The number of furan rings is 1. The van der Waals surface area contributed by atoms with Gasteiger partial charge in [-0.25, -0.2) is 0 Å². The number of nitrogens with zero attached hydrogens (tertiary/aromatic N) is 3. The van der Waals surface area contributed by atoms with E-state index in [1.54, 1.807) is 6.20 Å². The van der Waals surface area contributed by atoms with Crippen molar-refractivity contribution < 1.29 is 14.1 Å². The largest absolute Gasteiger partial charge is 0.433 e. The summed E-state index contributed by atoms with van der Waals surface area (Å²) in [6.07, 6.45) is 4.37. The van der Waals surface area contributed by atoms with Gasteiger partial charge >= 0.3 is 5.88 Å². The number of amides is 1. The highest BCUT2D eigenvalue weighted by Gasteiger charge is 2.10. The highest BCUT2D eigenvalue weighted by Crippen LogP contribution is 2.16. The van der Waals surface area contributed by atoms with E-state index < -0.39 is 4.92 Å². The van der Waals surface area contributed by atoms with Crippen molar-refractivity contribution in [3.63, 3.8) is 0 Å². The van der Waals surface area contributed by atoms with Crippen molar-refractivity contribution in [2.45, 2.75) is 26.9 Å². The Bertz CT molecular complexity index is 714. The monoisotopic (exact) mass is 304 g/mol. The molecule has 0 spiro atoms. The van der Waals surface area contributed by atoms with Gasteiger partial charge in [0, 0.05) is 30.4 Å². The van der Waals surface area contributed by atoms with Crippen LogP contribution in [-0.4, -0.2) is 20.6 Å². The fraction of sp³-hybridized carbons (Fsp3) is 0.286. The van der Waals surface area contributed by atoms with Gasteiger partial charge in [0.1, 0.15) is 10.7 Å². The summed E-state index contributed by atoms with van der Waals surface area (Å²) < 4.78 is 6.76. The van der Waals surface area contributed by atoms with Crippen LogP contribution in [0, 0.1) is 17.0 Å². The van der Waals surface area contributed by atoms with Crippen LogP contribution in [0.2, 0.25) is 0 Å². The fourth-order valence-electron chi connectivity index (χ4n) is 1.91. The molecule has 0 aliphatic carbocycles. The maximum absolute atomic E-state index is 11.7. The minimum atomic E-state index is -0.633. The summed E-state index contributed by atoms with van der Waals surface area (Å²) in [7, 11) is 0. The van der Waals surface area contributed by atoms with Gasteiger partial charge in [-0.1, -0.05) is 0 Å². The minimum Gasteiger partial charge on any atom is -0.401 e. The van der Waals surface area contributed by atoms with Crippen molar-refractivity contribution >= 4 is 17.9 Å². The van der Waals surface area contributed by atoms with Crippen molar-refractivity contribution in [2.24, 2.45) is 0 Å². The molecule has 0 atom stereocenters. The number of hydrogen-bond donors (Lipinski definition) is 1. The van der Waals surface area contributed by atoms with Crippen LogP contribution in [-0.2, 0) is 17.9 Å². The Balaban J connectivity index is 1.90. The first-order valence-electron chi connectivity index (χ1n) is 6.72. The molecule has 2 aromatic rings. The maximum Gasteiger partial charge on any atom is 0.433 e. The fourth-order valence-corrected chi connectivity index (χ4v) is 1.91. The van der Waals surface area contributed by atoms with Gasteiger partial charge in [0.05, 0.1) is 12.3 Å². The molecule has 2 heterocycles. The number of hydrogen-bond acceptors (Lipinski definition) is 5. The van der Waals surface area contributed by atoms with Crippen LogP contribution in [0.3, 0.4) is 0 Å². The summed E-state index contributed by atoms with van der Waals surface area (Å²) in [6.45, 7) is 5.08. The second kappa shape index (κ2) is 6.70. The van der Waals surface area contributed by atoms with Gasteiger partial charge in [-0.15, -0.1) is 0 Å². The Kier molecular flexibility index (Phi) is 4.72. The first-order valence-corrected chi connectivity index (χ1v) is 6.72. The average molecular weight is 304 g/mol. The van der Waals surface area contributed by atoms with Crippen LogP contribution in [0.25, 0.3) is 6.08 Å². The topological polar surface area (TPSA) is 103 Å². The van der Waals surface area contributed by atoms with E-state index in [0.29, 0.717) is 6.54 Å². The molecule has 0 unspecified atom stereocenters. The number of rotatable bonds is 6. The van der Waals surface area contributed by atoms with E-state index in [9.17, 15) is 14.9 Å². The van der Waals surface area contributed by atoms with Crippen LogP contribution in [0.1, 0.15) is 23.9 Å². The molecule has 2 rings (SSSR count). The minimum absolute atomic E-state index is 0.247. The van der Waals surface area contributed by atoms with Crippen molar-refractivity contribution in [2.75, 3.05) is 0 Å². The van der Waals surface area contributed by atoms with E-state index in [4.69, 9.17) is 4.42 Å². The lowest BCUT2D eigenvalue weighted by atomic mass is 10.2. The SMILES string of the molecule is CCn1ncc(CNC(=O)/C=C/c2ccc([N+](=O)[O-])o2)c1C. The summed E-state index contributed by atoms with van der Waals surface area (Å²) in [5.41, 5.74) is 1.95. The molecule has 0 radical (unpaired) electrons. The highest BCUT2D eigenvalue weighted by atomic mass is 16.6. The van der Waals surface area contributed by atoms with Crippen LogP contribution in [0.15, 0.2) is 28.8 Å². The zero-order valence-corrected chi connectivity index (χ0v) is 12.3. The molecule has 0 aliphatic heterocycles. The summed E-state index contributed by atoms with van der Waals surface area (Å²) in [6, 6.07) is 2.66. The van der Waals surface area contributed by atoms with E-state index in [1.165, 1.54) is 24.3 Å². The molecule has 0 aromatic carbocycles. The molecule has 0 bridgehead atoms. The van der Waals surface area contributed by atoms with E-state index in [1.807, 2.05) is 18.5 Å². The van der Waals surface area contributed by atoms with Gasteiger partial charge in [0.15, 0.2) is 0 Å². The lowest BCUT2D eigenvalue weighted by molar-refractivity contribution is -0.402.